The van der Waals surface area contributed by atoms with Gasteiger partial charge in [0.1, 0.15) is 0 Å². The molecule has 1 amide bonds. The van der Waals surface area contributed by atoms with Gasteiger partial charge >= 0.3 is 0 Å². The lowest BCUT2D eigenvalue weighted by molar-refractivity contribution is -0.245. The predicted octanol–water partition coefficient (Wildman–Crippen LogP) is 5.29. The van der Waals surface area contributed by atoms with E-state index in [2.05, 4.69) is 15.3 Å². The van der Waals surface area contributed by atoms with Gasteiger partial charge in [-0.1, -0.05) is 95.1 Å². The van der Waals surface area contributed by atoms with E-state index in [0.29, 0.717) is 17.3 Å². The SMILES string of the molecule is O=C(NCc1ccc([C@H]2O[C@@H](CSc3ncccn3)C[C@@H](c3ccc(CO)cc3)O2)cc1)C(Cl)(Cl)Cl. The fourth-order valence-electron chi connectivity index (χ4n) is 3.63. The zero-order valence-corrected chi connectivity index (χ0v) is 22.1. The highest BCUT2D eigenvalue weighted by Crippen LogP contribution is 2.39. The first-order valence-electron chi connectivity index (χ1n) is 11.2. The van der Waals surface area contributed by atoms with Gasteiger partial charge in [-0.3, -0.25) is 4.79 Å². The fraction of sp³-hybridized carbons (Fsp3) is 0.320. The van der Waals surface area contributed by atoms with Gasteiger partial charge in [0.25, 0.3) is 9.70 Å². The number of hydrogen-bond acceptors (Lipinski definition) is 7. The second-order valence-corrected chi connectivity index (χ2v) is 11.4. The summed E-state index contributed by atoms with van der Waals surface area (Å²) in [5.41, 5.74) is 3.53. The Morgan fingerprint density at radius 3 is 2.28 bits per heavy atom. The first-order valence-corrected chi connectivity index (χ1v) is 13.3. The first kappa shape index (κ1) is 27.1. The maximum Gasteiger partial charge on any atom is 0.272 e. The third-order valence-corrected chi connectivity index (χ3v) is 7.04. The molecule has 3 atom stereocenters. The molecule has 0 spiro atoms. The number of aliphatic hydroxyl groups excluding tert-OH is 1. The molecule has 0 bridgehead atoms. The van der Waals surface area contributed by atoms with Crippen molar-refractivity contribution in [2.45, 2.75) is 47.0 Å². The Bertz CT molecular complexity index is 1130. The van der Waals surface area contributed by atoms with Gasteiger partial charge in [0.05, 0.1) is 18.8 Å². The van der Waals surface area contributed by atoms with Crippen molar-refractivity contribution < 1.29 is 19.4 Å². The molecule has 0 aliphatic carbocycles. The maximum absolute atomic E-state index is 11.8. The Labute approximate surface area is 228 Å². The van der Waals surface area contributed by atoms with E-state index in [4.69, 9.17) is 44.3 Å². The van der Waals surface area contributed by atoms with Gasteiger partial charge in [-0.05, 0) is 22.8 Å². The van der Waals surface area contributed by atoms with Crippen LogP contribution in [-0.4, -0.2) is 36.6 Å². The summed E-state index contributed by atoms with van der Waals surface area (Å²) in [6.07, 6.45) is 3.20. The number of nitrogens with zero attached hydrogens (tertiary/aromatic N) is 2. The lowest BCUT2D eigenvalue weighted by atomic mass is 10.0. The molecule has 1 fully saturated rings. The molecule has 11 heteroatoms. The van der Waals surface area contributed by atoms with Gasteiger partial charge < -0.3 is 19.9 Å². The molecular formula is C25H24Cl3N3O4S. The number of ether oxygens (including phenoxy) is 2. The predicted molar refractivity (Wildman–Crippen MR) is 140 cm³/mol. The van der Waals surface area contributed by atoms with Crippen LogP contribution in [-0.2, 0) is 27.4 Å². The van der Waals surface area contributed by atoms with Crippen molar-refractivity contribution in [1.29, 1.82) is 0 Å². The zero-order chi connectivity index (χ0) is 25.5. The number of aliphatic hydroxyl groups is 1. The minimum absolute atomic E-state index is 0.0116. The summed E-state index contributed by atoms with van der Waals surface area (Å²) >= 11 is 18.3. The number of halogens is 3. The monoisotopic (exact) mass is 567 g/mol. The van der Waals surface area contributed by atoms with Crippen molar-refractivity contribution in [2.75, 3.05) is 5.75 Å². The highest BCUT2D eigenvalue weighted by Gasteiger charge is 2.33. The van der Waals surface area contributed by atoms with Crippen molar-refractivity contribution in [2.24, 2.45) is 0 Å². The number of amides is 1. The van der Waals surface area contributed by atoms with Gasteiger partial charge in [0.15, 0.2) is 11.4 Å². The lowest BCUT2D eigenvalue weighted by Gasteiger charge is -2.36. The van der Waals surface area contributed by atoms with Gasteiger partial charge in [-0.25, -0.2) is 9.97 Å². The van der Waals surface area contributed by atoms with Crippen LogP contribution in [0, 0.1) is 0 Å². The average molecular weight is 569 g/mol. The minimum atomic E-state index is -2.01. The highest BCUT2D eigenvalue weighted by atomic mass is 35.6. The number of hydrogen-bond donors (Lipinski definition) is 2. The molecule has 0 radical (unpaired) electrons. The number of alkyl halides is 3. The summed E-state index contributed by atoms with van der Waals surface area (Å²) in [5, 5.41) is 12.6. The molecule has 1 aliphatic rings. The van der Waals surface area contributed by atoms with Crippen LogP contribution in [0.15, 0.2) is 72.1 Å². The minimum Gasteiger partial charge on any atom is -0.392 e. The van der Waals surface area contributed by atoms with Gasteiger partial charge in [-0.15, -0.1) is 0 Å². The number of nitrogens with one attached hydrogen (secondary N) is 1. The van der Waals surface area contributed by atoms with Crippen LogP contribution in [0.2, 0.25) is 0 Å². The van der Waals surface area contributed by atoms with Crippen LogP contribution >= 0.6 is 46.6 Å². The van der Waals surface area contributed by atoms with Crippen molar-refractivity contribution in [3.63, 3.8) is 0 Å². The zero-order valence-electron chi connectivity index (χ0n) is 19.0. The molecule has 1 saturated heterocycles. The summed E-state index contributed by atoms with van der Waals surface area (Å²) in [4.78, 5) is 20.3. The van der Waals surface area contributed by atoms with Crippen LogP contribution < -0.4 is 5.32 Å². The van der Waals surface area contributed by atoms with E-state index in [9.17, 15) is 9.90 Å². The standard InChI is InChI=1S/C25H24Cl3N3O4S/c26-25(27,28)23(33)31-13-16-2-8-19(9-3-16)22-34-20(15-36-24-29-10-1-11-30-24)12-21(35-22)18-6-4-17(14-32)5-7-18/h1-11,20-22,32H,12-15H2,(H,31,33)/t20-,21+,22+/m1/s1. The average Bonchev–Trinajstić information content (AvgIpc) is 2.90. The van der Waals surface area contributed by atoms with Crippen molar-refractivity contribution in [3.8, 4) is 0 Å². The van der Waals surface area contributed by atoms with Crippen molar-refractivity contribution >= 4 is 52.5 Å². The normalized spacial score (nSPS) is 20.2. The number of carbonyl (C=O) groups is 1. The van der Waals surface area contributed by atoms with Gasteiger partial charge in [0.2, 0.25) is 0 Å². The molecule has 36 heavy (non-hydrogen) atoms. The van der Waals surface area contributed by atoms with Gasteiger partial charge in [0, 0.05) is 36.7 Å². The number of carbonyl (C=O) groups excluding carboxylic acids is 1. The quantitative estimate of drug-likeness (QED) is 0.217. The summed E-state index contributed by atoms with van der Waals surface area (Å²) in [6, 6.07) is 17.0. The molecular weight excluding hydrogens is 545 g/mol. The Morgan fingerprint density at radius 1 is 1.00 bits per heavy atom. The van der Waals surface area contributed by atoms with Crippen LogP contribution in [0.25, 0.3) is 0 Å². The fourth-order valence-corrected chi connectivity index (χ4v) is 4.65. The Morgan fingerprint density at radius 2 is 1.64 bits per heavy atom. The van der Waals surface area contributed by atoms with E-state index < -0.39 is 16.0 Å². The molecule has 2 aromatic carbocycles. The molecule has 7 nitrogen and oxygen atoms in total. The summed E-state index contributed by atoms with van der Waals surface area (Å²) in [7, 11) is 0. The Balaban J connectivity index is 1.47. The van der Waals surface area contributed by atoms with Crippen LogP contribution in [0.1, 0.15) is 41.1 Å². The van der Waals surface area contributed by atoms with Crippen LogP contribution in [0.5, 0.6) is 0 Å². The Hall–Kier alpha value is -1.91. The topological polar surface area (TPSA) is 93.6 Å². The number of thioether (sulfide) groups is 1. The van der Waals surface area contributed by atoms with E-state index in [0.717, 1.165) is 22.3 Å². The van der Waals surface area contributed by atoms with Crippen molar-refractivity contribution in [3.05, 3.63) is 89.2 Å². The number of rotatable bonds is 8. The number of benzene rings is 2. The molecule has 2 heterocycles. The molecule has 2 N–H and O–H groups in total. The van der Waals surface area contributed by atoms with E-state index in [1.165, 1.54) is 11.8 Å². The largest absolute Gasteiger partial charge is 0.392 e. The van der Waals surface area contributed by atoms with Gasteiger partial charge in [-0.2, -0.15) is 0 Å². The molecule has 0 saturated carbocycles. The third kappa shape index (κ3) is 7.55. The second-order valence-electron chi connectivity index (χ2n) is 8.11. The Kier molecular flexibility index (Phi) is 9.47. The van der Waals surface area contributed by atoms with E-state index in [1.54, 1.807) is 18.5 Å². The second kappa shape index (κ2) is 12.6. The summed E-state index contributed by atoms with van der Waals surface area (Å²) in [5.74, 6) is -0.0238. The van der Waals surface area contributed by atoms with Crippen LogP contribution in [0.4, 0.5) is 0 Å². The van der Waals surface area contributed by atoms with Crippen LogP contribution in [0.3, 0.4) is 0 Å². The number of aromatic nitrogens is 2. The summed E-state index contributed by atoms with van der Waals surface area (Å²) in [6.45, 7) is 0.206. The highest BCUT2D eigenvalue weighted by molar-refractivity contribution is 7.99. The molecule has 1 aromatic heterocycles. The third-order valence-electron chi connectivity index (χ3n) is 5.52. The summed E-state index contributed by atoms with van der Waals surface area (Å²) < 4.78 is 10.7. The van der Waals surface area contributed by atoms with Crippen molar-refractivity contribution in [1.82, 2.24) is 15.3 Å². The van der Waals surface area contributed by atoms with E-state index in [-0.39, 0.29) is 25.4 Å². The smallest absolute Gasteiger partial charge is 0.272 e. The van der Waals surface area contributed by atoms with E-state index >= 15 is 0 Å². The molecule has 190 valence electrons. The molecule has 3 aromatic rings. The van der Waals surface area contributed by atoms with E-state index in [1.807, 2.05) is 48.5 Å². The molecule has 1 aliphatic heterocycles. The molecule has 0 unspecified atom stereocenters. The maximum atomic E-state index is 11.8. The molecule has 4 rings (SSSR count). The first-order chi connectivity index (χ1) is 17.3. The lowest BCUT2D eigenvalue weighted by Crippen LogP contribution is -2.34.